The lowest BCUT2D eigenvalue weighted by atomic mass is 10.1. The second-order valence-electron chi connectivity index (χ2n) is 4.08. The van der Waals surface area contributed by atoms with Crippen LogP contribution in [0.1, 0.15) is 31.1 Å². The predicted octanol–water partition coefficient (Wildman–Crippen LogP) is 2.31. The van der Waals surface area contributed by atoms with E-state index in [4.69, 9.17) is 4.74 Å². The van der Waals surface area contributed by atoms with E-state index in [1.165, 1.54) is 6.92 Å². The van der Waals surface area contributed by atoms with E-state index < -0.39 is 0 Å². The van der Waals surface area contributed by atoms with E-state index in [0.717, 1.165) is 18.8 Å². The van der Waals surface area contributed by atoms with Gasteiger partial charge in [0.25, 0.3) is 0 Å². The van der Waals surface area contributed by atoms with E-state index in [9.17, 15) is 9.59 Å². The maximum atomic E-state index is 11.2. The first-order valence-corrected chi connectivity index (χ1v) is 6.27. The summed E-state index contributed by atoms with van der Waals surface area (Å²) in [6, 6.07) is 3.42. The number of amides is 1. The minimum atomic E-state index is -0.209. The molecule has 0 aliphatic rings. The van der Waals surface area contributed by atoms with Crippen molar-refractivity contribution in [3.8, 4) is 5.75 Å². The summed E-state index contributed by atoms with van der Waals surface area (Å²) in [5.74, 6) is 0.415. The van der Waals surface area contributed by atoms with E-state index in [2.05, 4.69) is 10.2 Å². The van der Waals surface area contributed by atoms with Gasteiger partial charge in [0, 0.05) is 25.6 Å². The van der Waals surface area contributed by atoms with Gasteiger partial charge in [-0.25, -0.2) is 0 Å². The van der Waals surface area contributed by atoms with Crippen molar-refractivity contribution in [3.63, 3.8) is 0 Å². The quantitative estimate of drug-likeness (QED) is 0.801. The van der Waals surface area contributed by atoms with Crippen LogP contribution in [-0.4, -0.2) is 32.4 Å². The molecule has 0 radical (unpaired) electrons. The number of hydrogen-bond donors (Lipinski definition) is 1. The first-order valence-electron chi connectivity index (χ1n) is 6.27. The van der Waals surface area contributed by atoms with Crippen LogP contribution in [0.4, 0.5) is 11.4 Å². The lowest BCUT2D eigenvalue weighted by Gasteiger charge is -2.24. The number of benzene rings is 1. The second kappa shape index (κ2) is 6.78. The largest absolute Gasteiger partial charge is 0.495 e. The van der Waals surface area contributed by atoms with Crippen LogP contribution >= 0.6 is 0 Å². The van der Waals surface area contributed by atoms with Gasteiger partial charge >= 0.3 is 0 Å². The van der Waals surface area contributed by atoms with E-state index in [-0.39, 0.29) is 5.91 Å². The Balaban J connectivity index is 3.35. The Bertz CT molecular complexity index is 468. The lowest BCUT2D eigenvalue weighted by Crippen LogP contribution is -2.23. The Hall–Kier alpha value is -2.04. The third kappa shape index (κ3) is 3.47. The van der Waals surface area contributed by atoms with E-state index in [1.54, 1.807) is 19.2 Å². The molecule has 0 spiro atoms. The first kappa shape index (κ1) is 15.0. The number of carbonyl (C=O) groups is 2. The minimum absolute atomic E-state index is 0.209. The lowest BCUT2D eigenvalue weighted by molar-refractivity contribution is -0.114. The number of nitrogens with one attached hydrogen (secondary N) is 1. The zero-order valence-electron chi connectivity index (χ0n) is 11.8. The van der Waals surface area contributed by atoms with Crippen LogP contribution in [0, 0.1) is 0 Å². The molecule has 1 aromatic rings. The van der Waals surface area contributed by atoms with Crippen molar-refractivity contribution in [1.29, 1.82) is 0 Å². The molecular weight excluding hydrogens is 244 g/mol. The molecule has 0 bridgehead atoms. The highest BCUT2D eigenvalue weighted by atomic mass is 16.5. The van der Waals surface area contributed by atoms with Gasteiger partial charge in [0.15, 0.2) is 6.29 Å². The van der Waals surface area contributed by atoms with Gasteiger partial charge in [0.1, 0.15) is 5.75 Å². The normalized spacial score (nSPS) is 9.89. The average Bonchev–Trinajstić information content (AvgIpc) is 2.39. The van der Waals surface area contributed by atoms with Crippen LogP contribution < -0.4 is 15.0 Å². The molecule has 1 rings (SSSR count). The fraction of sp³-hybridized carbons (Fsp3) is 0.429. The molecule has 5 heteroatoms. The number of anilines is 2. The van der Waals surface area contributed by atoms with Crippen molar-refractivity contribution in [2.45, 2.75) is 20.8 Å². The van der Waals surface area contributed by atoms with Crippen LogP contribution in [0.5, 0.6) is 5.75 Å². The molecule has 0 aliphatic heterocycles. The molecule has 104 valence electrons. The summed E-state index contributed by atoms with van der Waals surface area (Å²) in [5.41, 5.74) is 1.77. The first-order chi connectivity index (χ1) is 9.07. The third-order valence-electron chi connectivity index (χ3n) is 2.89. The predicted molar refractivity (Wildman–Crippen MR) is 76.2 cm³/mol. The molecule has 0 atom stereocenters. The van der Waals surface area contributed by atoms with Crippen LogP contribution in [-0.2, 0) is 4.79 Å². The molecular formula is C14H20N2O3. The molecule has 0 unspecified atom stereocenters. The van der Waals surface area contributed by atoms with Crippen molar-refractivity contribution >= 4 is 23.6 Å². The molecule has 0 aromatic heterocycles. The van der Waals surface area contributed by atoms with Crippen LogP contribution in [0.3, 0.4) is 0 Å². The number of ether oxygens (including phenoxy) is 1. The Morgan fingerprint density at radius 2 is 2.00 bits per heavy atom. The highest BCUT2D eigenvalue weighted by molar-refractivity contribution is 5.97. The van der Waals surface area contributed by atoms with Crippen molar-refractivity contribution < 1.29 is 14.3 Å². The summed E-state index contributed by atoms with van der Waals surface area (Å²) in [6.07, 6.45) is 0.708. The molecule has 1 aromatic carbocycles. The molecule has 1 N–H and O–H groups in total. The number of carbonyl (C=O) groups excluding carboxylic acids is 2. The summed E-state index contributed by atoms with van der Waals surface area (Å²) in [4.78, 5) is 24.4. The van der Waals surface area contributed by atoms with Crippen LogP contribution in [0.2, 0.25) is 0 Å². The summed E-state index contributed by atoms with van der Waals surface area (Å²) in [6.45, 7) is 7.11. The number of methoxy groups -OCH3 is 1. The average molecular weight is 264 g/mol. The maximum absolute atomic E-state index is 11.2. The van der Waals surface area contributed by atoms with Gasteiger partial charge in [-0.3, -0.25) is 9.59 Å². The van der Waals surface area contributed by atoms with Gasteiger partial charge < -0.3 is 15.0 Å². The van der Waals surface area contributed by atoms with E-state index in [1.807, 2.05) is 13.8 Å². The van der Waals surface area contributed by atoms with Gasteiger partial charge in [0.2, 0.25) is 5.91 Å². The van der Waals surface area contributed by atoms with Crippen LogP contribution in [0.15, 0.2) is 12.1 Å². The standard InChI is InChI=1S/C14H20N2O3/c1-5-16(6-2)13-8-12(15-10(3)18)11(9-17)7-14(13)19-4/h7-9H,5-6H2,1-4H3,(H,15,18). The molecule has 5 nitrogen and oxygen atoms in total. The molecule has 19 heavy (non-hydrogen) atoms. The fourth-order valence-corrected chi connectivity index (χ4v) is 1.95. The van der Waals surface area contributed by atoms with Gasteiger partial charge in [-0.1, -0.05) is 0 Å². The fourth-order valence-electron chi connectivity index (χ4n) is 1.95. The van der Waals surface area contributed by atoms with Crippen molar-refractivity contribution in [1.82, 2.24) is 0 Å². The van der Waals surface area contributed by atoms with Gasteiger partial charge in [-0.15, -0.1) is 0 Å². The SMILES string of the molecule is CCN(CC)c1cc(NC(C)=O)c(C=O)cc1OC. The molecule has 1 amide bonds. The van der Waals surface area contributed by atoms with Gasteiger partial charge in [0.05, 0.1) is 18.5 Å². The summed E-state index contributed by atoms with van der Waals surface area (Å²) in [7, 11) is 1.56. The number of rotatable bonds is 6. The highest BCUT2D eigenvalue weighted by Gasteiger charge is 2.14. The van der Waals surface area contributed by atoms with Crippen molar-refractivity contribution in [2.24, 2.45) is 0 Å². The number of nitrogens with zero attached hydrogens (tertiary/aromatic N) is 1. The van der Waals surface area contributed by atoms with Crippen molar-refractivity contribution in [3.05, 3.63) is 17.7 Å². The molecule has 0 aliphatic carbocycles. The molecule has 0 saturated heterocycles. The molecule has 0 fully saturated rings. The van der Waals surface area contributed by atoms with E-state index >= 15 is 0 Å². The van der Waals surface area contributed by atoms with Crippen LogP contribution in [0.25, 0.3) is 0 Å². The van der Waals surface area contributed by atoms with Gasteiger partial charge in [-0.05, 0) is 26.0 Å². The Morgan fingerprint density at radius 3 is 2.42 bits per heavy atom. The highest BCUT2D eigenvalue weighted by Crippen LogP contribution is 2.33. The minimum Gasteiger partial charge on any atom is -0.495 e. The Morgan fingerprint density at radius 1 is 1.37 bits per heavy atom. The number of aldehydes is 1. The summed E-state index contributed by atoms with van der Waals surface area (Å²) >= 11 is 0. The number of hydrogen-bond acceptors (Lipinski definition) is 4. The molecule has 0 heterocycles. The van der Waals surface area contributed by atoms with Crippen molar-refractivity contribution in [2.75, 3.05) is 30.4 Å². The Labute approximate surface area is 113 Å². The van der Waals surface area contributed by atoms with Gasteiger partial charge in [-0.2, -0.15) is 0 Å². The monoisotopic (exact) mass is 264 g/mol. The van der Waals surface area contributed by atoms with E-state index in [0.29, 0.717) is 23.3 Å². The summed E-state index contributed by atoms with van der Waals surface area (Å²) in [5, 5.41) is 2.67. The Kier molecular flexibility index (Phi) is 5.36. The zero-order chi connectivity index (χ0) is 14.4. The maximum Gasteiger partial charge on any atom is 0.221 e. The smallest absolute Gasteiger partial charge is 0.221 e. The molecule has 0 saturated carbocycles. The third-order valence-corrected chi connectivity index (χ3v) is 2.89. The summed E-state index contributed by atoms with van der Waals surface area (Å²) < 4.78 is 5.32. The zero-order valence-corrected chi connectivity index (χ0v) is 11.8. The topological polar surface area (TPSA) is 58.6 Å². The second-order valence-corrected chi connectivity index (χ2v) is 4.08.